The van der Waals surface area contributed by atoms with E-state index in [-0.39, 0.29) is 35.4 Å². The highest BCUT2D eigenvalue weighted by molar-refractivity contribution is 7.89. The van der Waals surface area contributed by atoms with Crippen LogP contribution in [-0.2, 0) is 21.4 Å². The van der Waals surface area contributed by atoms with Gasteiger partial charge in [-0.25, -0.2) is 13.2 Å². The maximum Gasteiger partial charge on any atom is 0.324 e. The lowest BCUT2D eigenvalue weighted by Gasteiger charge is -2.14. The number of nitrogens with one attached hydrogen (secondary N) is 2. The van der Waals surface area contributed by atoms with Crippen molar-refractivity contribution in [3.63, 3.8) is 0 Å². The van der Waals surface area contributed by atoms with Gasteiger partial charge in [-0.15, -0.1) is 0 Å². The van der Waals surface area contributed by atoms with E-state index in [1.165, 1.54) is 17.3 Å². The van der Waals surface area contributed by atoms with E-state index in [9.17, 15) is 22.8 Å². The minimum Gasteiger partial charge on any atom is -0.455 e. The molecule has 1 aromatic carbocycles. The zero-order valence-electron chi connectivity index (χ0n) is 16.9. The van der Waals surface area contributed by atoms with Crippen molar-refractivity contribution >= 4 is 33.6 Å². The van der Waals surface area contributed by atoms with Crippen LogP contribution < -0.4 is 10.6 Å². The first kappa shape index (κ1) is 21.1. The highest BCUT2D eigenvalue weighted by Gasteiger charge is 2.32. The Bertz CT molecular complexity index is 1130. The third-order valence-electron chi connectivity index (χ3n) is 5.24. The molecule has 0 atom stereocenters. The Morgan fingerprint density at radius 1 is 1.19 bits per heavy atom. The van der Waals surface area contributed by atoms with Crippen molar-refractivity contribution in [2.24, 2.45) is 0 Å². The van der Waals surface area contributed by atoms with E-state index >= 15 is 0 Å². The Labute approximate surface area is 179 Å². The highest BCUT2D eigenvalue weighted by atomic mass is 32.2. The first-order valence-corrected chi connectivity index (χ1v) is 11.3. The van der Waals surface area contributed by atoms with Crippen LogP contribution in [0.1, 0.15) is 34.7 Å². The molecular weight excluding hydrogens is 424 g/mol. The largest absolute Gasteiger partial charge is 0.455 e. The highest BCUT2D eigenvalue weighted by Crippen LogP contribution is 2.27. The summed E-state index contributed by atoms with van der Waals surface area (Å²) in [5.74, 6) is -0.880. The van der Waals surface area contributed by atoms with Crippen molar-refractivity contribution in [3.8, 4) is 0 Å². The van der Waals surface area contributed by atoms with Gasteiger partial charge in [0.15, 0.2) is 5.76 Å². The predicted molar refractivity (Wildman–Crippen MR) is 110 cm³/mol. The summed E-state index contributed by atoms with van der Waals surface area (Å²) in [5.41, 5.74) is 1.07. The van der Waals surface area contributed by atoms with Crippen LogP contribution >= 0.6 is 0 Å². The second kappa shape index (κ2) is 8.16. The lowest BCUT2D eigenvalue weighted by molar-refractivity contribution is -0.125. The summed E-state index contributed by atoms with van der Waals surface area (Å²) >= 11 is 0. The van der Waals surface area contributed by atoms with Crippen molar-refractivity contribution < 1.29 is 27.2 Å². The molecule has 10 nitrogen and oxygen atoms in total. The summed E-state index contributed by atoms with van der Waals surface area (Å²) in [7, 11) is -3.70. The van der Waals surface area contributed by atoms with Gasteiger partial charge in [0.2, 0.25) is 15.9 Å². The molecule has 0 radical (unpaired) electrons. The Morgan fingerprint density at radius 2 is 1.94 bits per heavy atom. The van der Waals surface area contributed by atoms with Crippen LogP contribution in [-0.4, -0.2) is 55.1 Å². The van der Waals surface area contributed by atoms with E-state index in [1.807, 2.05) is 0 Å². The van der Waals surface area contributed by atoms with E-state index < -0.39 is 22.0 Å². The molecule has 0 unspecified atom stereocenters. The fraction of sp³-hybridized carbons (Fsp3) is 0.350. The fourth-order valence-corrected chi connectivity index (χ4v) is 5.32. The number of sulfonamides is 1. The van der Waals surface area contributed by atoms with Crippen molar-refractivity contribution in [2.75, 3.05) is 25.0 Å². The Morgan fingerprint density at radius 3 is 2.61 bits per heavy atom. The molecule has 2 aliphatic heterocycles. The number of furan rings is 1. The fourth-order valence-electron chi connectivity index (χ4n) is 3.64. The molecule has 2 saturated heterocycles. The first-order chi connectivity index (χ1) is 14.8. The van der Waals surface area contributed by atoms with E-state index in [0.717, 1.165) is 17.7 Å². The molecule has 4 amide bonds. The van der Waals surface area contributed by atoms with Gasteiger partial charge >= 0.3 is 6.03 Å². The number of hydrogen-bond donors (Lipinski definition) is 2. The first-order valence-electron chi connectivity index (χ1n) is 9.85. The molecule has 31 heavy (non-hydrogen) atoms. The van der Waals surface area contributed by atoms with Gasteiger partial charge in [0.05, 0.1) is 13.1 Å². The molecule has 0 saturated carbocycles. The van der Waals surface area contributed by atoms with Crippen molar-refractivity contribution in [2.45, 2.75) is 31.2 Å². The molecule has 1 aromatic heterocycles. The van der Waals surface area contributed by atoms with E-state index in [0.29, 0.717) is 24.3 Å². The van der Waals surface area contributed by atoms with Crippen LogP contribution in [0.4, 0.5) is 10.5 Å². The van der Waals surface area contributed by atoms with E-state index in [2.05, 4.69) is 10.6 Å². The van der Waals surface area contributed by atoms with Gasteiger partial charge in [-0.2, -0.15) is 4.31 Å². The average Bonchev–Trinajstić information content (AvgIpc) is 3.46. The number of imide groups is 1. The third kappa shape index (κ3) is 4.19. The minimum absolute atomic E-state index is 0.00754. The third-order valence-corrected chi connectivity index (χ3v) is 7.25. The molecule has 4 rings (SSSR count). The van der Waals surface area contributed by atoms with Gasteiger partial charge in [0.1, 0.15) is 10.7 Å². The van der Waals surface area contributed by atoms with Crippen molar-refractivity contribution in [1.29, 1.82) is 0 Å². The number of hydrogen-bond acceptors (Lipinski definition) is 6. The van der Waals surface area contributed by atoms with Gasteiger partial charge < -0.3 is 15.1 Å². The number of benzene rings is 1. The number of aryl methyl sites for hydroxylation is 1. The van der Waals surface area contributed by atoms with Crippen molar-refractivity contribution in [3.05, 3.63) is 47.4 Å². The molecule has 2 N–H and O–H groups in total. The Kier molecular flexibility index (Phi) is 5.54. The van der Waals surface area contributed by atoms with Gasteiger partial charge in [-0.05, 0) is 37.5 Å². The van der Waals surface area contributed by atoms with Crippen LogP contribution in [0, 0.1) is 6.92 Å². The van der Waals surface area contributed by atoms with E-state index in [1.54, 1.807) is 24.3 Å². The second-order valence-corrected chi connectivity index (χ2v) is 9.34. The molecule has 2 aliphatic rings. The van der Waals surface area contributed by atoms with Crippen molar-refractivity contribution in [1.82, 2.24) is 14.5 Å². The summed E-state index contributed by atoms with van der Waals surface area (Å²) in [6.07, 6.45) is 1.62. The summed E-state index contributed by atoms with van der Waals surface area (Å²) < 4.78 is 32.4. The number of carbonyl (C=O) groups excluding carboxylic acids is 3. The van der Waals surface area contributed by atoms with Crippen LogP contribution in [0.25, 0.3) is 0 Å². The zero-order chi connectivity index (χ0) is 22.2. The maximum atomic E-state index is 12.8. The smallest absolute Gasteiger partial charge is 0.324 e. The van der Waals surface area contributed by atoms with Gasteiger partial charge in [0, 0.05) is 24.8 Å². The number of anilines is 1. The molecule has 2 aromatic rings. The quantitative estimate of drug-likeness (QED) is 0.650. The Balaban J connectivity index is 1.49. The average molecular weight is 446 g/mol. The Hall–Kier alpha value is -3.18. The van der Waals surface area contributed by atoms with Gasteiger partial charge in [0.25, 0.3) is 5.91 Å². The summed E-state index contributed by atoms with van der Waals surface area (Å²) in [6, 6.07) is 7.47. The van der Waals surface area contributed by atoms with Crippen LogP contribution in [0.15, 0.2) is 39.6 Å². The van der Waals surface area contributed by atoms with Crippen LogP contribution in [0.2, 0.25) is 0 Å². The van der Waals surface area contributed by atoms with E-state index in [4.69, 9.17) is 4.42 Å². The summed E-state index contributed by atoms with van der Waals surface area (Å²) in [6.45, 7) is 2.47. The predicted octanol–water partition coefficient (Wildman–Crippen LogP) is 1.68. The molecule has 2 fully saturated rings. The number of amides is 4. The van der Waals surface area contributed by atoms with Gasteiger partial charge in [-0.1, -0.05) is 12.1 Å². The maximum absolute atomic E-state index is 12.8. The SMILES string of the molecule is Cc1oc(C(=O)Nc2cccc(CN3C(=O)CNC3=O)c2)cc1S(=O)(=O)N1CCCC1. The van der Waals surface area contributed by atoms with Crippen LogP contribution in [0.5, 0.6) is 0 Å². The zero-order valence-corrected chi connectivity index (χ0v) is 17.7. The van der Waals surface area contributed by atoms with Crippen LogP contribution in [0.3, 0.4) is 0 Å². The normalized spacial score (nSPS) is 17.3. The monoisotopic (exact) mass is 446 g/mol. The molecule has 3 heterocycles. The second-order valence-electron chi connectivity index (χ2n) is 7.44. The molecule has 0 bridgehead atoms. The molecule has 0 spiro atoms. The number of urea groups is 1. The number of carbonyl (C=O) groups is 3. The molecule has 0 aliphatic carbocycles. The number of rotatable bonds is 6. The molecular formula is C20H22N4O6S. The summed E-state index contributed by atoms with van der Waals surface area (Å²) in [4.78, 5) is 37.2. The topological polar surface area (TPSA) is 129 Å². The number of nitrogens with zero attached hydrogens (tertiary/aromatic N) is 2. The minimum atomic E-state index is -3.70. The molecule has 164 valence electrons. The standard InChI is InChI=1S/C20H22N4O6S/c1-13-17(31(28,29)23-7-2-3-8-23)10-16(30-13)19(26)22-15-6-4-5-14(9-15)12-24-18(25)11-21-20(24)27/h4-6,9-10H,2-3,7-8,11-12H2,1H3,(H,21,27)(H,22,26). The van der Waals surface area contributed by atoms with Gasteiger partial charge in [-0.3, -0.25) is 14.5 Å². The lowest BCUT2D eigenvalue weighted by Crippen LogP contribution is -2.30. The molecule has 11 heteroatoms. The summed E-state index contributed by atoms with van der Waals surface area (Å²) in [5, 5.41) is 5.11. The lowest BCUT2D eigenvalue weighted by atomic mass is 10.2.